The lowest BCUT2D eigenvalue weighted by Crippen LogP contribution is -1.95. The molecule has 18 aromatic carbocycles. The molecule has 123 heavy (non-hydrogen) atoms. The molecule has 0 spiro atoms. The van der Waals surface area contributed by atoms with Gasteiger partial charge in [0.15, 0.2) is 16.7 Å². The van der Waals surface area contributed by atoms with Crippen molar-refractivity contribution >= 4 is 164 Å². The smallest absolute Gasteiger partial charge is 0.161 e. The second-order valence-electron chi connectivity index (χ2n) is 31.7. The number of rotatable bonds is 9. The number of fused-ring (bicyclic) bond motifs is 24. The number of para-hydroxylation sites is 14. The molecule has 27 rings (SSSR count). The Bertz CT molecular complexity index is 8860. The third kappa shape index (κ3) is 10.8. The van der Waals surface area contributed by atoms with E-state index >= 15 is 0 Å². The van der Waals surface area contributed by atoms with Gasteiger partial charge >= 0.3 is 0 Å². The third-order valence-corrected chi connectivity index (χ3v) is 24.9. The van der Waals surface area contributed by atoms with Crippen LogP contribution in [0.5, 0.6) is 0 Å². The molecular formula is C114H72N6O3. The highest BCUT2D eigenvalue weighted by Gasteiger charge is 2.27. The molecule has 0 radical (unpaired) electrons. The molecule has 0 bridgehead atoms. The van der Waals surface area contributed by atoms with Crippen molar-refractivity contribution < 1.29 is 13.3 Å². The maximum Gasteiger partial charge on any atom is 0.161 e. The third-order valence-electron chi connectivity index (χ3n) is 24.9. The van der Waals surface area contributed by atoms with E-state index in [4.69, 9.17) is 13.3 Å². The Labute approximate surface area is 704 Å². The van der Waals surface area contributed by atoms with Crippen LogP contribution in [0.3, 0.4) is 0 Å². The van der Waals surface area contributed by atoms with Crippen molar-refractivity contribution in [1.29, 1.82) is 0 Å². The Balaban J connectivity index is 0.000000101. The number of hydrogen-bond acceptors (Lipinski definition) is 3. The summed E-state index contributed by atoms with van der Waals surface area (Å²) in [6.45, 7) is 0. The van der Waals surface area contributed by atoms with Gasteiger partial charge in [-0.25, -0.2) is 0 Å². The fourth-order valence-electron chi connectivity index (χ4n) is 19.7. The summed E-state index contributed by atoms with van der Waals surface area (Å²) in [5.74, 6) is 0. The van der Waals surface area contributed by atoms with Crippen molar-refractivity contribution in [2.24, 2.45) is 0 Å². The summed E-state index contributed by atoms with van der Waals surface area (Å²) in [6.07, 6.45) is 0. The van der Waals surface area contributed by atoms with Crippen molar-refractivity contribution in [1.82, 2.24) is 27.4 Å². The minimum Gasteiger partial charge on any atom is -0.454 e. The summed E-state index contributed by atoms with van der Waals surface area (Å²) in [5, 5.41) is 14.2. The first-order valence-corrected chi connectivity index (χ1v) is 41.9. The molecule has 9 aromatic heterocycles. The molecule has 9 nitrogen and oxygen atoms in total. The summed E-state index contributed by atoms with van der Waals surface area (Å²) in [7, 11) is 0. The summed E-state index contributed by atoms with van der Waals surface area (Å²) in [6, 6.07) is 155. The molecule has 0 atom stereocenters. The van der Waals surface area contributed by atoms with Gasteiger partial charge in [0, 0.05) is 110 Å². The van der Waals surface area contributed by atoms with E-state index in [1.807, 2.05) is 0 Å². The number of furan rings is 3. The number of aromatic nitrogens is 6. The molecule has 0 unspecified atom stereocenters. The SMILES string of the molecule is c1ccc(-n2c3ccccc3c3c(-c4cccc5c4oc4c6ccccc6n(-c6ccccc6)c54)cccc32)cc1.c1ccc(-n2c3ccccc3c3ccc(-c4ccc5c(c4)oc4c6ccccc6n(-c6ccccc6)c54)cc32)cc1.c1ccc(-n2c3ccccc3c3cccc(-c4ccc5c(c4)oc4c6ccccc6n(-c6ccccc6)c54)c32)cc1. The van der Waals surface area contributed by atoms with Gasteiger partial charge in [0.25, 0.3) is 0 Å². The fraction of sp³-hybridized carbons (Fsp3) is 0. The van der Waals surface area contributed by atoms with Crippen molar-refractivity contribution in [2.75, 3.05) is 0 Å². The lowest BCUT2D eigenvalue weighted by molar-refractivity contribution is 0.672. The predicted octanol–water partition coefficient (Wildman–Crippen LogP) is 30.9. The predicted molar refractivity (Wildman–Crippen MR) is 511 cm³/mol. The molecule has 0 aliphatic rings. The molecule has 0 fully saturated rings. The molecule has 9 heteroatoms. The first-order valence-electron chi connectivity index (χ1n) is 41.9. The Morgan fingerprint density at radius 3 is 0.927 bits per heavy atom. The van der Waals surface area contributed by atoms with Gasteiger partial charge in [0.1, 0.15) is 33.3 Å². The van der Waals surface area contributed by atoms with Crippen LogP contribution in [0.4, 0.5) is 0 Å². The van der Waals surface area contributed by atoms with E-state index in [0.29, 0.717) is 0 Å². The van der Waals surface area contributed by atoms with Crippen LogP contribution in [-0.4, -0.2) is 27.4 Å². The molecular weight excluding hydrogens is 1500 g/mol. The van der Waals surface area contributed by atoms with Crippen LogP contribution in [0.15, 0.2) is 450 Å². The average Bonchev–Trinajstić information content (AvgIpc) is 1.55. The second kappa shape index (κ2) is 28.0. The van der Waals surface area contributed by atoms with E-state index < -0.39 is 0 Å². The van der Waals surface area contributed by atoms with E-state index in [-0.39, 0.29) is 0 Å². The molecule has 27 aromatic rings. The van der Waals surface area contributed by atoms with Crippen molar-refractivity contribution in [3.63, 3.8) is 0 Å². The monoisotopic (exact) mass is 1570 g/mol. The van der Waals surface area contributed by atoms with Crippen LogP contribution < -0.4 is 0 Å². The van der Waals surface area contributed by atoms with Gasteiger partial charge in [-0.3, -0.25) is 0 Å². The fourth-order valence-corrected chi connectivity index (χ4v) is 19.7. The first kappa shape index (κ1) is 69.5. The highest BCUT2D eigenvalue weighted by Crippen LogP contribution is 2.49. The first-order chi connectivity index (χ1) is 61.1. The second-order valence-corrected chi connectivity index (χ2v) is 31.7. The number of hydrogen-bond donors (Lipinski definition) is 0. The molecule has 0 saturated carbocycles. The molecule has 0 aliphatic carbocycles. The topological polar surface area (TPSA) is 69.0 Å². The maximum atomic E-state index is 6.88. The van der Waals surface area contributed by atoms with Gasteiger partial charge in [-0.15, -0.1) is 0 Å². The molecule has 0 saturated heterocycles. The van der Waals surface area contributed by atoms with E-state index in [9.17, 15) is 0 Å². The van der Waals surface area contributed by atoms with E-state index in [1.165, 1.54) is 76.5 Å². The van der Waals surface area contributed by atoms with Gasteiger partial charge in [0.2, 0.25) is 0 Å². The van der Waals surface area contributed by atoms with Crippen LogP contribution in [0.2, 0.25) is 0 Å². The standard InChI is InChI=1S/3C38H24N2O/c1-3-13-25(14-4-1)39-32-22-9-7-17-29(32)35-27(19-12-24-34(35)39)28-20-11-21-31-36-38(41-37(28)31)30-18-8-10-23-33(30)40(36)26-15-5-2-6-16-26;1-3-12-26(13-4-1)39-33-20-9-7-16-29(33)30-19-11-18-28(36(30)39)25-22-23-32-35(24-25)41-38-31-17-8-10-21-34(31)40(37(32)38)27-14-5-2-6-15-27;1-3-11-27(12-4-1)39-33-17-9-7-15-29(33)30-21-19-25(23-35(30)39)26-20-22-32-36(24-26)41-38-31-16-8-10-18-34(31)40(37(32)38)28-13-5-2-6-14-28/h3*1-24H. The minimum atomic E-state index is 0.891. The average molecular weight is 1570 g/mol. The summed E-state index contributed by atoms with van der Waals surface area (Å²) in [4.78, 5) is 0. The Morgan fingerprint density at radius 1 is 0.146 bits per heavy atom. The molecule has 0 aliphatic heterocycles. The van der Waals surface area contributed by atoms with Crippen LogP contribution in [0.1, 0.15) is 0 Å². The Kier molecular flexibility index (Phi) is 15.8. The number of nitrogens with zero attached hydrogens (tertiary/aromatic N) is 6. The van der Waals surface area contributed by atoms with E-state index in [2.05, 4.69) is 464 Å². The summed E-state index contributed by atoms with van der Waals surface area (Å²) < 4.78 is 34.3. The van der Waals surface area contributed by atoms with Gasteiger partial charge < -0.3 is 40.7 Å². The van der Waals surface area contributed by atoms with Crippen LogP contribution >= 0.6 is 0 Å². The number of benzene rings is 18. The summed E-state index contributed by atoms with van der Waals surface area (Å²) >= 11 is 0. The van der Waals surface area contributed by atoms with Crippen LogP contribution in [0, 0.1) is 0 Å². The lowest BCUT2D eigenvalue weighted by atomic mass is 9.98. The zero-order valence-corrected chi connectivity index (χ0v) is 66.5. The highest BCUT2D eigenvalue weighted by molar-refractivity contribution is 6.24. The summed E-state index contributed by atoms with van der Waals surface area (Å²) in [5.41, 5.74) is 33.2. The van der Waals surface area contributed by atoms with Gasteiger partial charge in [0.05, 0.1) is 49.7 Å². The van der Waals surface area contributed by atoms with E-state index in [1.54, 1.807) is 0 Å². The molecule has 0 N–H and O–H groups in total. The molecule has 576 valence electrons. The van der Waals surface area contributed by atoms with Gasteiger partial charge in [-0.1, -0.05) is 267 Å². The van der Waals surface area contributed by atoms with Crippen LogP contribution in [-0.2, 0) is 0 Å². The van der Waals surface area contributed by atoms with Crippen molar-refractivity contribution in [3.8, 4) is 67.5 Å². The quantitative estimate of drug-likeness (QED) is 0.145. The van der Waals surface area contributed by atoms with E-state index in [0.717, 1.165) is 155 Å². The van der Waals surface area contributed by atoms with Crippen LogP contribution in [0.25, 0.3) is 232 Å². The van der Waals surface area contributed by atoms with Gasteiger partial charge in [-0.05, 0) is 192 Å². The zero-order chi connectivity index (χ0) is 80.7. The van der Waals surface area contributed by atoms with Gasteiger partial charge in [-0.2, -0.15) is 0 Å². The molecule has 0 amide bonds. The normalized spacial score (nSPS) is 11.9. The molecule has 9 heterocycles. The zero-order valence-electron chi connectivity index (χ0n) is 66.5. The highest BCUT2D eigenvalue weighted by atomic mass is 16.3. The minimum absolute atomic E-state index is 0.891. The lowest BCUT2D eigenvalue weighted by Gasteiger charge is -2.12. The maximum absolute atomic E-state index is 6.88. The Hall–Kier alpha value is -16.6. The van der Waals surface area contributed by atoms with Crippen molar-refractivity contribution in [3.05, 3.63) is 437 Å². The Morgan fingerprint density at radius 2 is 0.439 bits per heavy atom. The largest absolute Gasteiger partial charge is 0.454 e. The van der Waals surface area contributed by atoms with Crippen molar-refractivity contribution in [2.45, 2.75) is 0 Å².